The van der Waals surface area contributed by atoms with E-state index < -0.39 is 0 Å². The molecule has 0 aliphatic carbocycles. The molecule has 0 atom stereocenters. The van der Waals surface area contributed by atoms with Gasteiger partial charge < -0.3 is 4.57 Å². The van der Waals surface area contributed by atoms with Crippen molar-refractivity contribution >= 4 is 17.2 Å². The maximum atomic E-state index is 11.2. The Morgan fingerprint density at radius 3 is 2.74 bits per heavy atom. The van der Waals surface area contributed by atoms with E-state index in [9.17, 15) is 4.79 Å². The molecule has 0 fully saturated rings. The van der Waals surface area contributed by atoms with Gasteiger partial charge in [-0.3, -0.25) is 4.79 Å². The van der Waals surface area contributed by atoms with Gasteiger partial charge in [0.1, 0.15) is 0 Å². The second-order valence-corrected chi connectivity index (χ2v) is 4.84. The zero-order chi connectivity index (χ0) is 13.2. The number of carbonyl (C=O) groups is 1. The highest BCUT2D eigenvalue weighted by Gasteiger charge is 2.06. The van der Waals surface area contributed by atoms with E-state index in [0.717, 1.165) is 29.3 Å². The van der Waals surface area contributed by atoms with E-state index >= 15 is 0 Å². The normalized spacial score (nSPS) is 10.8. The Labute approximate surface area is 112 Å². The molecule has 0 aliphatic rings. The largest absolute Gasteiger partial charge is 0.342 e. The highest BCUT2D eigenvalue weighted by atomic mass is 16.1. The van der Waals surface area contributed by atoms with Gasteiger partial charge in [-0.05, 0) is 24.6 Å². The lowest BCUT2D eigenvalue weighted by molar-refractivity contribution is 0.112. The summed E-state index contributed by atoms with van der Waals surface area (Å²) in [7, 11) is 0. The molecule has 19 heavy (non-hydrogen) atoms. The van der Waals surface area contributed by atoms with Gasteiger partial charge in [0.05, 0.1) is 5.52 Å². The third-order valence-corrected chi connectivity index (χ3v) is 3.38. The highest BCUT2D eigenvalue weighted by Crippen LogP contribution is 2.20. The molecule has 0 N–H and O–H groups in total. The third-order valence-electron chi connectivity index (χ3n) is 3.38. The van der Waals surface area contributed by atoms with Crippen LogP contribution in [0.2, 0.25) is 0 Å². The summed E-state index contributed by atoms with van der Waals surface area (Å²) in [6.07, 6.45) is 2.97. The average Bonchev–Trinajstić information content (AvgIpc) is 2.82. The van der Waals surface area contributed by atoms with Crippen LogP contribution in [-0.4, -0.2) is 10.9 Å². The molecule has 0 amide bonds. The molecule has 94 valence electrons. The number of hydrogen-bond acceptors (Lipinski definition) is 1. The van der Waals surface area contributed by atoms with Crippen molar-refractivity contribution < 1.29 is 4.79 Å². The molecule has 3 aromatic rings. The minimum absolute atomic E-state index is 0.746. The number of carbonyl (C=O) groups excluding carboxylic acids is 1. The third kappa shape index (κ3) is 2.17. The summed E-state index contributed by atoms with van der Waals surface area (Å²) >= 11 is 0. The number of hydrogen-bond donors (Lipinski definition) is 0. The van der Waals surface area contributed by atoms with Crippen LogP contribution in [0.4, 0.5) is 0 Å². The van der Waals surface area contributed by atoms with Crippen LogP contribution in [0.15, 0.2) is 54.7 Å². The summed E-state index contributed by atoms with van der Waals surface area (Å²) in [4.78, 5) is 11.2. The number of aldehydes is 1. The molecular formula is C17H15NO. The highest BCUT2D eigenvalue weighted by molar-refractivity contribution is 5.96. The van der Waals surface area contributed by atoms with E-state index in [1.54, 1.807) is 0 Å². The Morgan fingerprint density at radius 2 is 1.95 bits per heavy atom. The first-order chi connectivity index (χ1) is 9.28. The fraction of sp³-hybridized carbons (Fsp3) is 0.118. The summed E-state index contributed by atoms with van der Waals surface area (Å²) in [6, 6.07) is 16.3. The smallest absolute Gasteiger partial charge is 0.152 e. The summed E-state index contributed by atoms with van der Waals surface area (Å²) < 4.78 is 2.13. The molecule has 0 unspecified atom stereocenters. The monoisotopic (exact) mass is 249 g/mol. The predicted octanol–water partition coefficient (Wildman–Crippen LogP) is 3.81. The first kappa shape index (κ1) is 11.7. The molecule has 2 nitrogen and oxygen atoms in total. The van der Waals surface area contributed by atoms with Crippen molar-refractivity contribution in [3.63, 3.8) is 0 Å². The topological polar surface area (TPSA) is 22.0 Å². The summed E-state index contributed by atoms with van der Waals surface area (Å²) in [6.45, 7) is 2.88. The number of fused-ring (bicyclic) bond motifs is 1. The zero-order valence-corrected chi connectivity index (χ0v) is 10.8. The molecule has 0 aliphatic heterocycles. The molecule has 1 aromatic heterocycles. The van der Waals surface area contributed by atoms with Gasteiger partial charge in [0.25, 0.3) is 0 Å². The number of aromatic nitrogens is 1. The summed E-state index contributed by atoms with van der Waals surface area (Å²) in [5, 5.41) is 1.11. The first-order valence-corrected chi connectivity index (χ1v) is 6.36. The standard InChI is InChI=1S/C17H15NO/c1-13-4-2-5-14(10-13)11-18-9-8-15-6-3-7-16(12-19)17(15)18/h2-10,12H,11H2,1H3. The van der Waals surface area contributed by atoms with Crippen molar-refractivity contribution in [1.29, 1.82) is 0 Å². The van der Waals surface area contributed by atoms with Crippen molar-refractivity contribution in [2.24, 2.45) is 0 Å². The van der Waals surface area contributed by atoms with Gasteiger partial charge >= 0.3 is 0 Å². The molecule has 2 heteroatoms. The molecule has 0 saturated heterocycles. The predicted molar refractivity (Wildman–Crippen MR) is 77.6 cm³/mol. The minimum Gasteiger partial charge on any atom is -0.342 e. The van der Waals surface area contributed by atoms with Gasteiger partial charge in [-0.15, -0.1) is 0 Å². The Hall–Kier alpha value is -2.35. The Balaban J connectivity index is 2.08. The first-order valence-electron chi connectivity index (χ1n) is 6.36. The van der Waals surface area contributed by atoms with Crippen LogP contribution >= 0.6 is 0 Å². The van der Waals surface area contributed by atoms with E-state index in [2.05, 4.69) is 41.8 Å². The second-order valence-electron chi connectivity index (χ2n) is 4.84. The van der Waals surface area contributed by atoms with Crippen LogP contribution in [0.25, 0.3) is 10.9 Å². The van der Waals surface area contributed by atoms with E-state index in [1.807, 2.05) is 24.4 Å². The lowest BCUT2D eigenvalue weighted by Gasteiger charge is -2.08. The second kappa shape index (κ2) is 4.73. The van der Waals surface area contributed by atoms with Gasteiger partial charge in [-0.1, -0.05) is 42.0 Å². The Kier molecular flexibility index (Phi) is 2.92. The Morgan fingerprint density at radius 1 is 1.11 bits per heavy atom. The zero-order valence-electron chi connectivity index (χ0n) is 10.8. The lowest BCUT2D eigenvalue weighted by Crippen LogP contribution is -2.00. The van der Waals surface area contributed by atoms with E-state index in [-0.39, 0.29) is 0 Å². The molecule has 0 saturated carbocycles. The molecule has 3 rings (SSSR count). The summed E-state index contributed by atoms with van der Waals surface area (Å²) in [5.41, 5.74) is 4.26. The average molecular weight is 249 g/mol. The van der Waals surface area contributed by atoms with Crippen molar-refractivity contribution in [2.75, 3.05) is 0 Å². The SMILES string of the molecule is Cc1cccc(Cn2ccc3cccc(C=O)c32)c1. The number of nitrogens with zero attached hydrogens (tertiary/aromatic N) is 1. The van der Waals surface area contributed by atoms with Crippen LogP contribution in [0.3, 0.4) is 0 Å². The van der Waals surface area contributed by atoms with Crippen molar-refractivity contribution in [3.8, 4) is 0 Å². The van der Waals surface area contributed by atoms with Gasteiger partial charge in [0, 0.05) is 23.7 Å². The van der Waals surface area contributed by atoms with Gasteiger partial charge in [-0.2, -0.15) is 0 Å². The number of rotatable bonds is 3. The van der Waals surface area contributed by atoms with Crippen molar-refractivity contribution in [3.05, 3.63) is 71.4 Å². The van der Waals surface area contributed by atoms with Gasteiger partial charge in [0.15, 0.2) is 6.29 Å². The fourth-order valence-corrected chi connectivity index (χ4v) is 2.52. The van der Waals surface area contributed by atoms with Crippen LogP contribution in [0.1, 0.15) is 21.5 Å². The molecule has 2 aromatic carbocycles. The van der Waals surface area contributed by atoms with Crippen molar-refractivity contribution in [1.82, 2.24) is 4.57 Å². The minimum atomic E-state index is 0.746. The Bertz CT molecular complexity index is 740. The van der Waals surface area contributed by atoms with Gasteiger partial charge in [-0.25, -0.2) is 0 Å². The quantitative estimate of drug-likeness (QED) is 0.647. The summed E-state index contributed by atoms with van der Waals surface area (Å²) in [5.74, 6) is 0. The number of benzene rings is 2. The van der Waals surface area contributed by atoms with Gasteiger partial charge in [0.2, 0.25) is 0 Å². The fourth-order valence-electron chi connectivity index (χ4n) is 2.52. The number of aryl methyl sites for hydroxylation is 1. The number of para-hydroxylation sites is 1. The van der Waals surface area contributed by atoms with E-state index in [1.165, 1.54) is 11.1 Å². The van der Waals surface area contributed by atoms with Crippen LogP contribution in [0.5, 0.6) is 0 Å². The maximum Gasteiger partial charge on any atom is 0.152 e. The lowest BCUT2D eigenvalue weighted by atomic mass is 10.1. The molecule has 1 heterocycles. The molecule has 0 radical (unpaired) electrons. The maximum absolute atomic E-state index is 11.2. The van der Waals surface area contributed by atoms with Crippen molar-refractivity contribution in [2.45, 2.75) is 13.5 Å². The molecular weight excluding hydrogens is 234 g/mol. The molecule has 0 bridgehead atoms. The van der Waals surface area contributed by atoms with Crippen LogP contribution < -0.4 is 0 Å². The van der Waals surface area contributed by atoms with E-state index in [4.69, 9.17) is 0 Å². The van der Waals surface area contributed by atoms with Crippen LogP contribution in [-0.2, 0) is 6.54 Å². The molecule has 0 spiro atoms. The van der Waals surface area contributed by atoms with E-state index in [0.29, 0.717) is 0 Å². The van der Waals surface area contributed by atoms with Crippen LogP contribution in [0, 0.1) is 6.92 Å².